The second-order valence-electron chi connectivity index (χ2n) is 4.60. The molecule has 1 nitrogen and oxygen atoms in total. The Labute approximate surface area is 115 Å². The molecule has 0 fully saturated rings. The summed E-state index contributed by atoms with van der Waals surface area (Å²) in [6.07, 6.45) is -0.794. The van der Waals surface area contributed by atoms with Crippen LogP contribution in [0.3, 0.4) is 0 Å². The molecule has 2 aromatic carbocycles. The second-order valence-corrected chi connectivity index (χ2v) is 5.51. The summed E-state index contributed by atoms with van der Waals surface area (Å²) in [4.78, 5) is 0. The zero-order valence-electron chi connectivity index (χ0n) is 10.4. The van der Waals surface area contributed by atoms with Crippen LogP contribution in [-0.4, -0.2) is 5.11 Å². The average molecular weight is 272 g/mol. The summed E-state index contributed by atoms with van der Waals surface area (Å²) in [7, 11) is 0. The van der Waals surface area contributed by atoms with Gasteiger partial charge in [-0.15, -0.1) is 11.3 Å². The molecule has 0 spiro atoms. The highest BCUT2D eigenvalue weighted by molar-refractivity contribution is 7.17. The molecule has 0 aliphatic rings. The number of hydrogen-bond donors (Lipinski definition) is 1. The number of thiophene rings is 1. The van der Waals surface area contributed by atoms with Gasteiger partial charge in [-0.3, -0.25) is 0 Å². The maximum atomic E-state index is 13.6. The van der Waals surface area contributed by atoms with Crippen molar-refractivity contribution in [2.45, 2.75) is 13.0 Å². The molecule has 96 valence electrons. The smallest absolute Gasteiger partial charge is 0.126 e. The van der Waals surface area contributed by atoms with Crippen molar-refractivity contribution in [3.63, 3.8) is 0 Å². The predicted molar refractivity (Wildman–Crippen MR) is 77.0 cm³/mol. The third-order valence-corrected chi connectivity index (χ3v) is 4.29. The van der Waals surface area contributed by atoms with Crippen LogP contribution >= 0.6 is 11.3 Å². The zero-order chi connectivity index (χ0) is 13.4. The molecule has 0 aliphatic carbocycles. The number of aliphatic hydroxyl groups excluding tert-OH is 1. The van der Waals surface area contributed by atoms with E-state index in [1.165, 1.54) is 6.07 Å². The summed E-state index contributed by atoms with van der Waals surface area (Å²) in [6, 6.07) is 12.7. The zero-order valence-corrected chi connectivity index (χ0v) is 11.2. The molecule has 1 heterocycles. The van der Waals surface area contributed by atoms with Crippen LogP contribution in [-0.2, 0) is 0 Å². The third kappa shape index (κ3) is 2.15. The standard InChI is InChI=1S/C16H13FOS/c1-10-5-6-12(9-14(10)17)15(18)13-4-2-3-11-7-8-19-16(11)13/h2-9,15,18H,1H3. The van der Waals surface area contributed by atoms with E-state index in [-0.39, 0.29) is 5.82 Å². The van der Waals surface area contributed by atoms with E-state index in [4.69, 9.17) is 0 Å². The first-order valence-electron chi connectivity index (χ1n) is 6.07. The number of aryl methyl sites for hydroxylation is 1. The molecule has 0 radical (unpaired) electrons. The van der Waals surface area contributed by atoms with Crippen LogP contribution in [0.15, 0.2) is 47.8 Å². The number of aliphatic hydroxyl groups is 1. The van der Waals surface area contributed by atoms with E-state index in [0.29, 0.717) is 11.1 Å². The van der Waals surface area contributed by atoms with Gasteiger partial charge < -0.3 is 5.11 Å². The summed E-state index contributed by atoms with van der Waals surface area (Å²) in [5.41, 5.74) is 2.00. The lowest BCUT2D eigenvalue weighted by atomic mass is 9.99. The minimum atomic E-state index is -0.794. The summed E-state index contributed by atoms with van der Waals surface area (Å²) < 4.78 is 14.7. The first kappa shape index (κ1) is 12.3. The number of fused-ring (bicyclic) bond motifs is 1. The van der Waals surface area contributed by atoms with Crippen LogP contribution in [0.2, 0.25) is 0 Å². The lowest BCUT2D eigenvalue weighted by Crippen LogP contribution is -2.01. The van der Waals surface area contributed by atoms with Gasteiger partial charge >= 0.3 is 0 Å². The number of halogens is 1. The van der Waals surface area contributed by atoms with Crippen molar-refractivity contribution in [1.29, 1.82) is 0 Å². The van der Waals surface area contributed by atoms with Gasteiger partial charge in [0.2, 0.25) is 0 Å². The quantitative estimate of drug-likeness (QED) is 0.731. The molecule has 0 amide bonds. The van der Waals surface area contributed by atoms with Gasteiger partial charge in [0.05, 0.1) is 0 Å². The first-order chi connectivity index (χ1) is 9.16. The molecule has 0 saturated carbocycles. The predicted octanol–water partition coefficient (Wildman–Crippen LogP) is 4.43. The van der Waals surface area contributed by atoms with Crippen molar-refractivity contribution < 1.29 is 9.50 Å². The lowest BCUT2D eigenvalue weighted by molar-refractivity contribution is 0.221. The van der Waals surface area contributed by atoms with Crippen LogP contribution in [0, 0.1) is 12.7 Å². The fraction of sp³-hybridized carbons (Fsp3) is 0.125. The molecular weight excluding hydrogens is 259 g/mol. The minimum absolute atomic E-state index is 0.282. The van der Waals surface area contributed by atoms with Crippen LogP contribution in [0.4, 0.5) is 4.39 Å². The molecule has 3 rings (SSSR count). The van der Waals surface area contributed by atoms with E-state index in [0.717, 1.165) is 15.6 Å². The maximum absolute atomic E-state index is 13.6. The molecule has 0 bridgehead atoms. The highest BCUT2D eigenvalue weighted by atomic mass is 32.1. The number of rotatable bonds is 2. The number of hydrogen-bond acceptors (Lipinski definition) is 2. The third-order valence-electron chi connectivity index (χ3n) is 3.32. The van der Waals surface area contributed by atoms with Crippen molar-refractivity contribution >= 4 is 21.4 Å². The highest BCUT2D eigenvalue weighted by Gasteiger charge is 2.15. The Hall–Kier alpha value is -1.71. The molecule has 3 aromatic rings. The van der Waals surface area contributed by atoms with Gasteiger partial charge in [-0.2, -0.15) is 0 Å². The molecule has 1 aromatic heterocycles. The van der Waals surface area contributed by atoms with E-state index in [1.807, 2.05) is 29.6 Å². The van der Waals surface area contributed by atoms with E-state index in [1.54, 1.807) is 30.4 Å². The number of benzene rings is 2. The fourth-order valence-corrected chi connectivity index (χ4v) is 3.13. The molecule has 19 heavy (non-hydrogen) atoms. The SMILES string of the molecule is Cc1ccc(C(O)c2cccc3ccsc23)cc1F. The molecule has 0 saturated heterocycles. The van der Waals surface area contributed by atoms with Crippen molar-refractivity contribution in [2.75, 3.05) is 0 Å². The summed E-state index contributed by atoms with van der Waals surface area (Å²) >= 11 is 1.59. The Bertz CT molecular complexity index is 732. The minimum Gasteiger partial charge on any atom is -0.384 e. The van der Waals surface area contributed by atoms with E-state index in [2.05, 4.69) is 0 Å². The van der Waals surface area contributed by atoms with Crippen LogP contribution in [0.1, 0.15) is 22.8 Å². The first-order valence-corrected chi connectivity index (χ1v) is 6.95. The van der Waals surface area contributed by atoms with Crippen LogP contribution < -0.4 is 0 Å². The van der Waals surface area contributed by atoms with Crippen molar-refractivity contribution in [1.82, 2.24) is 0 Å². The second kappa shape index (κ2) is 4.76. The summed E-state index contributed by atoms with van der Waals surface area (Å²) in [6.45, 7) is 1.71. The van der Waals surface area contributed by atoms with E-state index in [9.17, 15) is 9.50 Å². The highest BCUT2D eigenvalue weighted by Crippen LogP contribution is 2.32. The molecule has 1 N–H and O–H groups in total. The van der Waals surface area contributed by atoms with Gasteiger partial charge in [0.25, 0.3) is 0 Å². The Morgan fingerprint density at radius 3 is 2.79 bits per heavy atom. The summed E-state index contributed by atoms with van der Waals surface area (Å²) in [5, 5.41) is 13.6. The Morgan fingerprint density at radius 2 is 2.00 bits per heavy atom. The molecular formula is C16H13FOS. The van der Waals surface area contributed by atoms with Crippen molar-refractivity contribution in [3.05, 3.63) is 70.4 Å². The Balaban J connectivity index is 2.10. The average Bonchev–Trinajstić information content (AvgIpc) is 2.89. The van der Waals surface area contributed by atoms with Crippen LogP contribution in [0.5, 0.6) is 0 Å². The monoisotopic (exact) mass is 272 g/mol. The molecule has 1 atom stereocenters. The van der Waals surface area contributed by atoms with Gasteiger partial charge in [-0.1, -0.05) is 30.3 Å². The topological polar surface area (TPSA) is 20.2 Å². The van der Waals surface area contributed by atoms with Gasteiger partial charge in [0.1, 0.15) is 11.9 Å². The van der Waals surface area contributed by atoms with Gasteiger partial charge in [0.15, 0.2) is 0 Å². The largest absolute Gasteiger partial charge is 0.384 e. The van der Waals surface area contributed by atoms with Crippen LogP contribution in [0.25, 0.3) is 10.1 Å². The Morgan fingerprint density at radius 1 is 1.16 bits per heavy atom. The molecule has 1 unspecified atom stereocenters. The van der Waals surface area contributed by atoms with Gasteiger partial charge in [-0.25, -0.2) is 4.39 Å². The fourth-order valence-electron chi connectivity index (χ4n) is 2.19. The lowest BCUT2D eigenvalue weighted by Gasteiger charge is -2.13. The normalized spacial score (nSPS) is 12.8. The maximum Gasteiger partial charge on any atom is 0.126 e. The summed E-state index contributed by atoms with van der Waals surface area (Å²) in [5.74, 6) is -0.282. The van der Waals surface area contributed by atoms with Gasteiger partial charge in [-0.05, 0) is 40.9 Å². The molecule has 0 aliphatic heterocycles. The van der Waals surface area contributed by atoms with E-state index < -0.39 is 6.10 Å². The molecule has 3 heteroatoms. The Kier molecular flexibility index (Phi) is 3.09. The van der Waals surface area contributed by atoms with Gasteiger partial charge in [0, 0.05) is 10.3 Å². The van der Waals surface area contributed by atoms with Crippen molar-refractivity contribution in [3.8, 4) is 0 Å². The van der Waals surface area contributed by atoms with E-state index >= 15 is 0 Å². The van der Waals surface area contributed by atoms with Crippen molar-refractivity contribution in [2.24, 2.45) is 0 Å².